The first-order valence-corrected chi connectivity index (χ1v) is 5.36. The molecule has 1 aliphatic heterocycles. The lowest BCUT2D eigenvalue weighted by Crippen LogP contribution is -2.27. The quantitative estimate of drug-likeness (QED) is 0.706. The van der Waals surface area contributed by atoms with Crippen molar-refractivity contribution in [3.05, 3.63) is 29.3 Å². The summed E-state index contributed by atoms with van der Waals surface area (Å²) in [5, 5.41) is 9.69. The van der Waals surface area contributed by atoms with E-state index in [-0.39, 0.29) is 6.10 Å². The average molecular weight is 205 g/mol. The van der Waals surface area contributed by atoms with Crippen LogP contribution in [0.5, 0.6) is 0 Å². The Hall–Kier alpha value is -0.835. The van der Waals surface area contributed by atoms with E-state index < -0.39 is 7.12 Å². The van der Waals surface area contributed by atoms with E-state index in [1.54, 1.807) is 0 Å². The number of aryl methyl sites for hydroxylation is 1. The van der Waals surface area contributed by atoms with Crippen LogP contribution in [-0.2, 0) is 4.65 Å². The highest BCUT2D eigenvalue weighted by molar-refractivity contribution is 6.61. The van der Waals surface area contributed by atoms with Crippen molar-refractivity contribution in [2.75, 3.05) is 6.54 Å². The highest BCUT2D eigenvalue weighted by Gasteiger charge is 2.34. The van der Waals surface area contributed by atoms with Gasteiger partial charge in [0, 0.05) is 0 Å². The van der Waals surface area contributed by atoms with Gasteiger partial charge in [0.15, 0.2) is 0 Å². The zero-order valence-electron chi connectivity index (χ0n) is 8.94. The Balaban J connectivity index is 2.23. The summed E-state index contributed by atoms with van der Waals surface area (Å²) >= 11 is 0. The Morgan fingerprint density at radius 3 is 3.07 bits per heavy atom. The summed E-state index contributed by atoms with van der Waals surface area (Å²) in [7, 11) is -0.761. The smallest absolute Gasteiger partial charge is 0.423 e. The van der Waals surface area contributed by atoms with Gasteiger partial charge in [0.25, 0.3) is 0 Å². The molecule has 0 saturated heterocycles. The van der Waals surface area contributed by atoms with Crippen LogP contribution in [0.3, 0.4) is 0 Å². The van der Waals surface area contributed by atoms with E-state index >= 15 is 0 Å². The van der Waals surface area contributed by atoms with Crippen LogP contribution in [0.2, 0.25) is 0 Å². The van der Waals surface area contributed by atoms with Gasteiger partial charge < -0.3 is 15.4 Å². The fourth-order valence-electron chi connectivity index (χ4n) is 2.03. The van der Waals surface area contributed by atoms with Crippen molar-refractivity contribution in [2.24, 2.45) is 5.73 Å². The summed E-state index contributed by atoms with van der Waals surface area (Å²) in [5.74, 6) is 0. The molecule has 0 aromatic heterocycles. The molecule has 0 spiro atoms. The normalized spacial score (nSPS) is 19.4. The zero-order valence-corrected chi connectivity index (χ0v) is 8.94. The van der Waals surface area contributed by atoms with Crippen LogP contribution < -0.4 is 11.2 Å². The highest BCUT2D eigenvalue weighted by Crippen LogP contribution is 2.27. The molecule has 3 N–H and O–H groups in total. The van der Waals surface area contributed by atoms with Crippen LogP contribution in [-0.4, -0.2) is 18.7 Å². The minimum Gasteiger partial charge on any atom is -0.423 e. The lowest BCUT2D eigenvalue weighted by molar-refractivity contribution is 0.179. The van der Waals surface area contributed by atoms with E-state index in [2.05, 4.69) is 6.07 Å². The number of benzene rings is 1. The fraction of sp³-hybridized carbons (Fsp3) is 0.455. The Morgan fingerprint density at radius 1 is 1.53 bits per heavy atom. The molecule has 0 amide bonds. The number of fused-ring (bicyclic) bond motifs is 1. The Bertz CT molecular complexity index is 356. The molecule has 1 heterocycles. The van der Waals surface area contributed by atoms with Gasteiger partial charge in [-0.25, -0.2) is 0 Å². The molecule has 1 aliphatic rings. The van der Waals surface area contributed by atoms with Crippen molar-refractivity contribution in [3.8, 4) is 0 Å². The van der Waals surface area contributed by atoms with Crippen LogP contribution >= 0.6 is 0 Å². The first-order chi connectivity index (χ1) is 7.22. The molecule has 80 valence electrons. The molecule has 2 rings (SSSR count). The first kappa shape index (κ1) is 10.7. The number of rotatable bonds is 3. The van der Waals surface area contributed by atoms with Gasteiger partial charge in [0.05, 0.1) is 6.10 Å². The maximum Gasteiger partial charge on any atom is 0.491 e. The molecule has 3 nitrogen and oxygen atoms in total. The Kier molecular flexibility index (Phi) is 3.10. The molecule has 0 aliphatic carbocycles. The second-order valence-corrected chi connectivity index (χ2v) is 4.04. The van der Waals surface area contributed by atoms with Crippen molar-refractivity contribution in [2.45, 2.75) is 25.9 Å². The van der Waals surface area contributed by atoms with E-state index in [0.29, 0.717) is 6.54 Å². The number of hydrogen-bond donors (Lipinski definition) is 2. The third-order valence-electron chi connectivity index (χ3n) is 2.82. The summed E-state index contributed by atoms with van der Waals surface area (Å²) in [6.07, 6.45) is 1.81. The molecule has 0 fully saturated rings. The lowest BCUT2D eigenvalue weighted by Gasteiger charge is -2.11. The molecule has 1 aromatic carbocycles. The van der Waals surface area contributed by atoms with Gasteiger partial charge in [0.1, 0.15) is 0 Å². The lowest BCUT2D eigenvalue weighted by atomic mass is 9.78. The fourth-order valence-corrected chi connectivity index (χ4v) is 2.03. The Labute approximate surface area is 90.4 Å². The standard InChI is InChI=1S/C11H16BNO2/c1-8-4-5-10-9(7-8)11(3-2-6-13)15-12(10)14/h4-5,7,11,14H,2-3,6,13H2,1H3. The van der Waals surface area contributed by atoms with Crippen LogP contribution in [0.4, 0.5) is 0 Å². The minimum atomic E-state index is -0.761. The molecule has 0 saturated carbocycles. The summed E-state index contributed by atoms with van der Waals surface area (Å²) < 4.78 is 5.49. The predicted octanol–water partition coefficient (Wildman–Crippen LogP) is 0.493. The summed E-state index contributed by atoms with van der Waals surface area (Å²) in [4.78, 5) is 0. The zero-order chi connectivity index (χ0) is 10.8. The van der Waals surface area contributed by atoms with Crippen molar-refractivity contribution < 1.29 is 9.68 Å². The molecule has 1 unspecified atom stereocenters. The van der Waals surface area contributed by atoms with Gasteiger partial charge in [-0.15, -0.1) is 0 Å². The summed E-state index contributed by atoms with van der Waals surface area (Å²) in [6.45, 7) is 2.71. The molecule has 0 radical (unpaired) electrons. The van der Waals surface area contributed by atoms with E-state index in [0.717, 1.165) is 23.9 Å². The Morgan fingerprint density at radius 2 is 2.33 bits per heavy atom. The van der Waals surface area contributed by atoms with Gasteiger partial charge in [-0.3, -0.25) is 0 Å². The van der Waals surface area contributed by atoms with Crippen LogP contribution in [0, 0.1) is 6.92 Å². The van der Waals surface area contributed by atoms with Gasteiger partial charge in [0.2, 0.25) is 0 Å². The summed E-state index contributed by atoms with van der Waals surface area (Å²) in [5.41, 5.74) is 8.70. The van der Waals surface area contributed by atoms with Gasteiger partial charge in [-0.05, 0) is 37.3 Å². The first-order valence-electron chi connectivity index (χ1n) is 5.36. The second kappa shape index (κ2) is 4.35. The van der Waals surface area contributed by atoms with Crippen LogP contribution in [0.1, 0.15) is 30.1 Å². The molecule has 0 bridgehead atoms. The van der Waals surface area contributed by atoms with E-state index in [1.165, 1.54) is 5.56 Å². The van der Waals surface area contributed by atoms with E-state index in [1.807, 2.05) is 19.1 Å². The maximum atomic E-state index is 9.69. The molecule has 1 aromatic rings. The highest BCUT2D eigenvalue weighted by atomic mass is 16.5. The number of hydrogen-bond acceptors (Lipinski definition) is 3. The van der Waals surface area contributed by atoms with E-state index in [9.17, 15) is 5.02 Å². The second-order valence-electron chi connectivity index (χ2n) is 4.04. The van der Waals surface area contributed by atoms with Crippen LogP contribution in [0.25, 0.3) is 0 Å². The average Bonchev–Trinajstić information content (AvgIpc) is 2.52. The minimum absolute atomic E-state index is 0.0125. The SMILES string of the molecule is Cc1ccc2c(c1)C(CCCN)OB2O. The van der Waals surface area contributed by atoms with Crippen molar-refractivity contribution in [1.82, 2.24) is 0 Å². The molecule has 15 heavy (non-hydrogen) atoms. The van der Waals surface area contributed by atoms with Gasteiger partial charge in [-0.2, -0.15) is 0 Å². The van der Waals surface area contributed by atoms with Crippen molar-refractivity contribution in [1.29, 1.82) is 0 Å². The van der Waals surface area contributed by atoms with Crippen molar-refractivity contribution >= 4 is 12.6 Å². The predicted molar refractivity (Wildman–Crippen MR) is 60.9 cm³/mol. The molecular formula is C11H16BNO2. The van der Waals surface area contributed by atoms with Gasteiger partial charge in [-0.1, -0.05) is 23.8 Å². The molecule has 1 atom stereocenters. The van der Waals surface area contributed by atoms with Crippen LogP contribution in [0.15, 0.2) is 18.2 Å². The summed E-state index contributed by atoms with van der Waals surface area (Å²) in [6, 6.07) is 6.03. The van der Waals surface area contributed by atoms with Gasteiger partial charge >= 0.3 is 7.12 Å². The maximum absolute atomic E-state index is 9.69. The molecular weight excluding hydrogens is 189 g/mol. The molecule has 4 heteroatoms. The third-order valence-corrected chi connectivity index (χ3v) is 2.82. The largest absolute Gasteiger partial charge is 0.491 e. The van der Waals surface area contributed by atoms with Crippen molar-refractivity contribution in [3.63, 3.8) is 0 Å². The third kappa shape index (κ3) is 2.07. The topological polar surface area (TPSA) is 55.5 Å². The monoisotopic (exact) mass is 205 g/mol. The van der Waals surface area contributed by atoms with E-state index in [4.69, 9.17) is 10.4 Å². The number of nitrogens with two attached hydrogens (primary N) is 1.